The highest BCUT2D eigenvalue weighted by Gasteiger charge is 2.30. The first-order valence-corrected chi connectivity index (χ1v) is 11.8. The fourth-order valence-electron chi connectivity index (χ4n) is 4.15. The number of carbonyl (C=O) groups is 1. The number of nitrogens with zero attached hydrogens (tertiary/aromatic N) is 4. The number of hydrogen-bond donors (Lipinski definition) is 0. The molecule has 8 nitrogen and oxygen atoms in total. The minimum absolute atomic E-state index is 0.00181. The van der Waals surface area contributed by atoms with Crippen molar-refractivity contribution in [1.82, 2.24) is 19.9 Å². The van der Waals surface area contributed by atoms with Crippen molar-refractivity contribution in [3.05, 3.63) is 42.0 Å². The summed E-state index contributed by atoms with van der Waals surface area (Å²) in [6.45, 7) is 2.93. The van der Waals surface area contributed by atoms with E-state index in [0.717, 1.165) is 13.1 Å². The van der Waals surface area contributed by atoms with Gasteiger partial charge >= 0.3 is 11.8 Å². The zero-order valence-electron chi connectivity index (χ0n) is 16.4. The van der Waals surface area contributed by atoms with Gasteiger partial charge in [0.2, 0.25) is 0 Å². The molecule has 0 unspecified atom stereocenters. The smallest absolute Gasteiger partial charge is 0.316 e. The molecule has 1 aromatic heterocycles. The second-order valence-electron chi connectivity index (χ2n) is 7.71. The van der Waals surface area contributed by atoms with E-state index in [1.165, 1.54) is 44.2 Å². The van der Waals surface area contributed by atoms with Gasteiger partial charge in [0, 0.05) is 32.2 Å². The van der Waals surface area contributed by atoms with Crippen molar-refractivity contribution in [2.75, 3.05) is 26.2 Å². The van der Waals surface area contributed by atoms with E-state index < -0.39 is 15.6 Å². The molecule has 0 spiro atoms. The maximum Gasteiger partial charge on any atom is 0.316 e. The summed E-state index contributed by atoms with van der Waals surface area (Å²) < 4.78 is 30.0. The number of piperazine rings is 1. The Balaban J connectivity index is 1.35. The molecule has 2 aromatic rings. The number of hydrogen-bond acceptors (Lipinski definition) is 7. The van der Waals surface area contributed by atoms with Crippen LogP contribution >= 0.6 is 0 Å². The first kappa shape index (κ1) is 20.0. The monoisotopic (exact) mass is 418 g/mol. The van der Waals surface area contributed by atoms with Gasteiger partial charge in [0.1, 0.15) is 5.75 Å². The van der Waals surface area contributed by atoms with Crippen molar-refractivity contribution in [1.29, 1.82) is 0 Å². The van der Waals surface area contributed by atoms with Crippen molar-refractivity contribution in [3.63, 3.8) is 0 Å². The van der Waals surface area contributed by atoms with E-state index in [1.807, 2.05) is 0 Å². The Kier molecular flexibility index (Phi) is 5.96. The minimum Gasteiger partial charge on any atom is -0.332 e. The quantitative estimate of drug-likeness (QED) is 0.734. The normalized spacial score (nSPS) is 19.4. The number of carbonyl (C=O) groups excluding carboxylic acids is 1. The largest absolute Gasteiger partial charge is 0.332 e. The molecule has 1 amide bonds. The van der Waals surface area contributed by atoms with E-state index in [4.69, 9.17) is 4.52 Å². The van der Waals surface area contributed by atoms with Crippen LogP contribution in [0.15, 0.2) is 39.8 Å². The number of aromatic nitrogens is 2. The third-order valence-corrected chi connectivity index (χ3v) is 7.39. The standard InChI is InChI=1S/C20H26N4O4S/c25-20(24-13-11-23(12-14-24)16-7-3-1-4-8-16)19-21-18(22-28-19)15-29(26,27)17-9-5-2-6-10-17/h2,5-6,9-10,16H,1,3-4,7-8,11-15H2. The number of sulfone groups is 1. The molecular formula is C20H26N4O4S. The van der Waals surface area contributed by atoms with Gasteiger partial charge in [-0.15, -0.1) is 0 Å². The highest BCUT2D eigenvalue weighted by atomic mass is 32.2. The molecule has 2 fully saturated rings. The fraction of sp³-hybridized carbons (Fsp3) is 0.550. The van der Waals surface area contributed by atoms with Crippen LogP contribution in [0.3, 0.4) is 0 Å². The van der Waals surface area contributed by atoms with Crippen molar-refractivity contribution in [2.24, 2.45) is 0 Å². The Hall–Kier alpha value is -2.26. The van der Waals surface area contributed by atoms with E-state index in [1.54, 1.807) is 23.1 Å². The Labute approximate surface area is 170 Å². The van der Waals surface area contributed by atoms with Crippen LogP contribution in [0, 0.1) is 0 Å². The molecule has 1 aliphatic heterocycles. The summed E-state index contributed by atoms with van der Waals surface area (Å²) in [5.74, 6) is -0.875. The van der Waals surface area contributed by atoms with Gasteiger partial charge in [0.05, 0.1) is 4.90 Å². The van der Waals surface area contributed by atoms with Crippen LogP contribution in [0.25, 0.3) is 0 Å². The van der Waals surface area contributed by atoms with Crippen LogP contribution in [0.5, 0.6) is 0 Å². The Morgan fingerprint density at radius 1 is 1.03 bits per heavy atom. The molecule has 4 rings (SSSR count). The summed E-state index contributed by atoms with van der Waals surface area (Å²) in [5, 5.41) is 3.71. The van der Waals surface area contributed by atoms with Crippen LogP contribution in [-0.4, -0.2) is 66.5 Å². The summed E-state index contributed by atoms with van der Waals surface area (Å²) in [4.78, 5) is 21.1. The number of rotatable bonds is 5. The molecule has 1 aliphatic carbocycles. The Morgan fingerprint density at radius 2 is 1.72 bits per heavy atom. The lowest BCUT2D eigenvalue weighted by Crippen LogP contribution is -2.52. The molecule has 1 saturated carbocycles. The number of amides is 1. The lowest BCUT2D eigenvalue weighted by molar-refractivity contribution is 0.0483. The highest BCUT2D eigenvalue weighted by Crippen LogP contribution is 2.24. The first-order valence-electron chi connectivity index (χ1n) is 10.2. The summed E-state index contributed by atoms with van der Waals surface area (Å²) in [6.07, 6.45) is 6.41. The molecular weight excluding hydrogens is 392 g/mol. The van der Waals surface area contributed by atoms with Gasteiger partial charge in [0.25, 0.3) is 0 Å². The van der Waals surface area contributed by atoms with Gasteiger partial charge < -0.3 is 9.42 Å². The molecule has 1 saturated heterocycles. The molecule has 2 heterocycles. The maximum atomic E-state index is 12.7. The lowest BCUT2D eigenvalue weighted by Gasteiger charge is -2.40. The van der Waals surface area contributed by atoms with Gasteiger partial charge in [-0.05, 0) is 25.0 Å². The van der Waals surface area contributed by atoms with Crippen LogP contribution in [0.4, 0.5) is 0 Å². The van der Waals surface area contributed by atoms with Gasteiger partial charge in [-0.3, -0.25) is 9.69 Å². The molecule has 0 atom stereocenters. The average Bonchev–Trinajstić information content (AvgIpc) is 3.22. The van der Waals surface area contributed by atoms with E-state index in [-0.39, 0.29) is 22.5 Å². The van der Waals surface area contributed by atoms with E-state index in [0.29, 0.717) is 19.1 Å². The Bertz CT molecular complexity index is 930. The molecule has 29 heavy (non-hydrogen) atoms. The minimum atomic E-state index is -3.59. The lowest BCUT2D eigenvalue weighted by atomic mass is 9.94. The van der Waals surface area contributed by atoms with Crippen molar-refractivity contribution < 1.29 is 17.7 Å². The van der Waals surface area contributed by atoms with Crippen molar-refractivity contribution >= 4 is 15.7 Å². The molecule has 156 valence electrons. The molecule has 9 heteroatoms. The molecule has 1 aromatic carbocycles. The van der Waals surface area contributed by atoms with E-state index >= 15 is 0 Å². The SMILES string of the molecule is O=C(c1nc(CS(=O)(=O)c2ccccc2)no1)N1CCN(C2CCCCC2)CC1. The average molecular weight is 419 g/mol. The molecule has 0 N–H and O–H groups in total. The van der Waals surface area contributed by atoms with Gasteiger partial charge in [0.15, 0.2) is 15.7 Å². The molecule has 0 bridgehead atoms. The summed E-state index contributed by atoms with van der Waals surface area (Å²) in [6, 6.07) is 8.74. The highest BCUT2D eigenvalue weighted by molar-refractivity contribution is 7.90. The third-order valence-electron chi connectivity index (χ3n) is 5.77. The summed E-state index contributed by atoms with van der Waals surface area (Å²) >= 11 is 0. The van der Waals surface area contributed by atoms with Crippen LogP contribution in [-0.2, 0) is 15.6 Å². The van der Waals surface area contributed by atoms with E-state index in [9.17, 15) is 13.2 Å². The van der Waals surface area contributed by atoms with E-state index in [2.05, 4.69) is 15.0 Å². The zero-order chi connectivity index (χ0) is 20.3. The Morgan fingerprint density at radius 3 is 2.41 bits per heavy atom. The second kappa shape index (κ2) is 8.62. The fourth-order valence-corrected chi connectivity index (χ4v) is 5.35. The zero-order valence-corrected chi connectivity index (χ0v) is 17.2. The van der Waals surface area contributed by atoms with Crippen molar-refractivity contribution in [3.8, 4) is 0 Å². The second-order valence-corrected chi connectivity index (χ2v) is 9.70. The van der Waals surface area contributed by atoms with Gasteiger partial charge in [-0.2, -0.15) is 4.98 Å². The topological polar surface area (TPSA) is 96.6 Å². The predicted octanol–water partition coefficient (Wildman–Crippen LogP) is 2.13. The first-order chi connectivity index (χ1) is 14.0. The predicted molar refractivity (Wildman–Crippen MR) is 106 cm³/mol. The summed E-state index contributed by atoms with van der Waals surface area (Å²) in [5.41, 5.74) is 0. The number of benzene rings is 1. The third kappa shape index (κ3) is 4.67. The molecule has 0 radical (unpaired) electrons. The van der Waals surface area contributed by atoms with Crippen molar-refractivity contribution in [2.45, 2.75) is 48.8 Å². The van der Waals surface area contributed by atoms with Gasteiger partial charge in [-0.1, -0.05) is 42.6 Å². The van der Waals surface area contributed by atoms with Crippen LogP contribution in [0.1, 0.15) is 48.6 Å². The molecule has 2 aliphatic rings. The summed E-state index contributed by atoms with van der Waals surface area (Å²) in [7, 11) is -3.59. The maximum absolute atomic E-state index is 12.7. The van der Waals surface area contributed by atoms with Gasteiger partial charge in [-0.25, -0.2) is 8.42 Å². The van der Waals surface area contributed by atoms with Crippen LogP contribution < -0.4 is 0 Å². The van der Waals surface area contributed by atoms with Crippen LogP contribution in [0.2, 0.25) is 0 Å².